The monoisotopic (exact) mass is 559 g/mol. The second-order valence-electron chi connectivity index (χ2n) is 7.33. The van der Waals surface area contributed by atoms with Gasteiger partial charge in [0.05, 0.1) is 25.0 Å². The fourth-order valence-electron chi connectivity index (χ4n) is 3.38. The van der Waals surface area contributed by atoms with E-state index in [1.165, 1.54) is 0 Å². The predicted octanol–water partition coefficient (Wildman–Crippen LogP) is 2.41. The first-order valence-electron chi connectivity index (χ1n) is 10.3. The second kappa shape index (κ2) is 12.9. The molecule has 1 aromatic heterocycles. The molecule has 0 bridgehead atoms. The summed E-state index contributed by atoms with van der Waals surface area (Å²) in [6, 6.07) is 7.92. The van der Waals surface area contributed by atoms with Crippen LogP contribution < -0.4 is 16.0 Å². The molecule has 8 nitrogen and oxygen atoms in total. The Hall–Kier alpha value is -1.85. The number of hydrogen-bond donors (Lipinski definition) is 3. The molecular weight excluding hydrogens is 529 g/mol. The first kappa shape index (κ1) is 25.4. The summed E-state index contributed by atoms with van der Waals surface area (Å²) in [5.41, 5.74) is 1.99. The SMILES string of the molecule is CCNC(=NCc1cnn(-c2ccc(Cl)cc2)c1)NC1CCN(CC(=O)NC)CC1.I. The van der Waals surface area contributed by atoms with Crippen molar-refractivity contribution in [2.45, 2.75) is 32.4 Å². The van der Waals surface area contributed by atoms with Gasteiger partial charge in [0.1, 0.15) is 0 Å². The Balaban J connectivity index is 0.00000341. The maximum Gasteiger partial charge on any atom is 0.233 e. The summed E-state index contributed by atoms with van der Waals surface area (Å²) in [5.74, 6) is 0.872. The highest BCUT2D eigenvalue weighted by atomic mass is 127. The van der Waals surface area contributed by atoms with Crippen molar-refractivity contribution in [1.82, 2.24) is 30.6 Å². The number of guanidine groups is 1. The molecule has 31 heavy (non-hydrogen) atoms. The fraction of sp³-hybridized carbons (Fsp3) is 0.476. The Morgan fingerprint density at radius 1 is 1.26 bits per heavy atom. The van der Waals surface area contributed by atoms with Gasteiger partial charge in [0.25, 0.3) is 0 Å². The molecule has 1 fully saturated rings. The van der Waals surface area contributed by atoms with E-state index in [1.54, 1.807) is 7.05 Å². The van der Waals surface area contributed by atoms with E-state index < -0.39 is 0 Å². The number of likely N-dealkylation sites (N-methyl/N-ethyl adjacent to an activating group) is 1. The third-order valence-electron chi connectivity index (χ3n) is 5.07. The number of amides is 1. The molecule has 1 saturated heterocycles. The van der Waals surface area contributed by atoms with E-state index in [-0.39, 0.29) is 29.9 Å². The largest absolute Gasteiger partial charge is 0.358 e. The predicted molar refractivity (Wildman–Crippen MR) is 135 cm³/mol. The van der Waals surface area contributed by atoms with Crippen LogP contribution in [0.3, 0.4) is 0 Å². The number of nitrogens with zero attached hydrogens (tertiary/aromatic N) is 4. The van der Waals surface area contributed by atoms with Gasteiger partial charge in [-0.15, -0.1) is 24.0 Å². The fourth-order valence-corrected chi connectivity index (χ4v) is 3.50. The Kier molecular flexibility index (Phi) is 10.6. The maximum atomic E-state index is 11.5. The van der Waals surface area contributed by atoms with E-state index in [4.69, 9.17) is 16.6 Å². The van der Waals surface area contributed by atoms with Crippen LogP contribution in [0, 0.1) is 0 Å². The number of aromatic nitrogens is 2. The van der Waals surface area contributed by atoms with Gasteiger partial charge < -0.3 is 16.0 Å². The zero-order valence-corrected chi connectivity index (χ0v) is 21.1. The Morgan fingerprint density at radius 2 is 1.97 bits per heavy atom. The van der Waals surface area contributed by atoms with Gasteiger partial charge in [-0.2, -0.15) is 5.10 Å². The third-order valence-corrected chi connectivity index (χ3v) is 5.32. The standard InChI is InChI=1S/C21H30ClN7O.HI/c1-3-24-21(27-18-8-10-28(11-9-18)15-20(30)23-2)25-12-16-13-26-29(14-16)19-6-4-17(22)5-7-19;/h4-7,13-14,18H,3,8-12,15H2,1-2H3,(H,23,30)(H2,24,25,27);1H. The van der Waals surface area contributed by atoms with Gasteiger partial charge in [0, 0.05) is 49.5 Å². The summed E-state index contributed by atoms with van der Waals surface area (Å²) in [5, 5.41) is 14.7. The zero-order valence-electron chi connectivity index (χ0n) is 18.0. The van der Waals surface area contributed by atoms with Gasteiger partial charge in [-0.1, -0.05) is 11.6 Å². The third kappa shape index (κ3) is 7.97. The first-order chi connectivity index (χ1) is 14.6. The lowest BCUT2D eigenvalue weighted by atomic mass is 10.1. The smallest absolute Gasteiger partial charge is 0.233 e. The highest BCUT2D eigenvalue weighted by molar-refractivity contribution is 14.0. The average Bonchev–Trinajstić information content (AvgIpc) is 3.23. The van der Waals surface area contributed by atoms with Crippen LogP contribution in [0.4, 0.5) is 0 Å². The summed E-state index contributed by atoms with van der Waals surface area (Å²) in [7, 11) is 1.68. The van der Waals surface area contributed by atoms with E-state index in [2.05, 4.69) is 32.9 Å². The van der Waals surface area contributed by atoms with Crippen molar-refractivity contribution >= 4 is 47.4 Å². The minimum Gasteiger partial charge on any atom is -0.358 e. The van der Waals surface area contributed by atoms with E-state index in [0.29, 0.717) is 24.2 Å². The number of rotatable bonds is 7. The van der Waals surface area contributed by atoms with E-state index in [1.807, 2.05) is 41.3 Å². The molecule has 0 aliphatic carbocycles. The highest BCUT2D eigenvalue weighted by Crippen LogP contribution is 2.14. The quantitative estimate of drug-likeness (QED) is 0.276. The average molecular weight is 560 g/mol. The van der Waals surface area contributed by atoms with Crippen LogP contribution in [0.2, 0.25) is 5.02 Å². The molecular formula is C21H31ClIN7O. The van der Waals surface area contributed by atoms with Crippen LogP contribution in [0.1, 0.15) is 25.3 Å². The highest BCUT2D eigenvalue weighted by Gasteiger charge is 2.21. The van der Waals surface area contributed by atoms with Crippen molar-refractivity contribution in [2.75, 3.05) is 33.2 Å². The van der Waals surface area contributed by atoms with Crippen molar-refractivity contribution in [3.8, 4) is 5.69 Å². The van der Waals surface area contributed by atoms with Gasteiger partial charge >= 0.3 is 0 Å². The summed E-state index contributed by atoms with van der Waals surface area (Å²) in [6.07, 6.45) is 5.78. The molecule has 0 atom stereocenters. The van der Waals surface area contributed by atoms with E-state index in [0.717, 1.165) is 49.7 Å². The lowest BCUT2D eigenvalue weighted by Crippen LogP contribution is -2.50. The molecule has 1 amide bonds. The van der Waals surface area contributed by atoms with Crippen LogP contribution in [-0.4, -0.2) is 65.8 Å². The van der Waals surface area contributed by atoms with Crippen LogP contribution in [0.25, 0.3) is 5.69 Å². The Morgan fingerprint density at radius 3 is 2.61 bits per heavy atom. The number of hydrogen-bond acceptors (Lipinski definition) is 4. The van der Waals surface area contributed by atoms with E-state index in [9.17, 15) is 4.79 Å². The van der Waals surface area contributed by atoms with Crippen LogP contribution in [0.15, 0.2) is 41.7 Å². The van der Waals surface area contributed by atoms with Gasteiger partial charge in [0.2, 0.25) is 5.91 Å². The molecule has 1 aliphatic rings. The van der Waals surface area contributed by atoms with Crippen molar-refractivity contribution in [1.29, 1.82) is 0 Å². The molecule has 2 aromatic rings. The number of benzene rings is 1. The molecule has 0 radical (unpaired) electrons. The van der Waals surface area contributed by atoms with Gasteiger partial charge in [0.15, 0.2) is 5.96 Å². The maximum absolute atomic E-state index is 11.5. The van der Waals surface area contributed by atoms with Crippen molar-refractivity contribution in [3.63, 3.8) is 0 Å². The number of carbonyl (C=O) groups excluding carboxylic acids is 1. The molecule has 0 saturated carbocycles. The zero-order chi connectivity index (χ0) is 21.3. The summed E-state index contributed by atoms with van der Waals surface area (Å²) in [6.45, 7) is 5.66. The number of halogens is 2. The van der Waals surface area contributed by atoms with Gasteiger partial charge in [-0.3, -0.25) is 9.69 Å². The van der Waals surface area contributed by atoms with Crippen LogP contribution >= 0.6 is 35.6 Å². The van der Waals surface area contributed by atoms with Crippen LogP contribution in [0.5, 0.6) is 0 Å². The molecule has 10 heteroatoms. The molecule has 3 rings (SSSR count). The topological polar surface area (TPSA) is 86.6 Å². The van der Waals surface area contributed by atoms with Crippen molar-refractivity contribution < 1.29 is 4.79 Å². The first-order valence-corrected chi connectivity index (χ1v) is 10.7. The summed E-state index contributed by atoms with van der Waals surface area (Å²) >= 11 is 5.95. The lowest BCUT2D eigenvalue weighted by molar-refractivity contribution is -0.122. The molecule has 1 aliphatic heterocycles. The minimum atomic E-state index is 0. The Bertz CT molecular complexity index is 848. The van der Waals surface area contributed by atoms with Gasteiger partial charge in [-0.05, 0) is 44.0 Å². The molecule has 170 valence electrons. The molecule has 1 aromatic carbocycles. The number of aliphatic imine (C=N–C) groups is 1. The second-order valence-corrected chi connectivity index (χ2v) is 7.77. The summed E-state index contributed by atoms with van der Waals surface area (Å²) in [4.78, 5) is 18.4. The van der Waals surface area contributed by atoms with Crippen molar-refractivity contribution in [3.05, 3.63) is 47.2 Å². The number of likely N-dealkylation sites (tertiary alicyclic amines) is 1. The number of piperidine rings is 1. The van der Waals surface area contributed by atoms with Gasteiger partial charge in [-0.25, -0.2) is 9.67 Å². The van der Waals surface area contributed by atoms with E-state index >= 15 is 0 Å². The molecule has 3 N–H and O–H groups in total. The van der Waals surface area contributed by atoms with Crippen molar-refractivity contribution in [2.24, 2.45) is 4.99 Å². The lowest BCUT2D eigenvalue weighted by Gasteiger charge is -2.32. The normalized spacial score (nSPS) is 15.3. The summed E-state index contributed by atoms with van der Waals surface area (Å²) < 4.78 is 1.82. The van der Waals surface area contributed by atoms with Crippen LogP contribution in [-0.2, 0) is 11.3 Å². The minimum absolute atomic E-state index is 0. The number of nitrogens with one attached hydrogen (secondary N) is 3. The Labute approximate surface area is 205 Å². The molecule has 0 spiro atoms. The molecule has 2 heterocycles. The number of carbonyl (C=O) groups is 1. The molecule has 0 unspecified atom stereocenters.